The molecule has 0 amide bonds. The van der Waals surface area contributed by atoms with Gasteiger partial charge in [0.05, 0.1) is 18.0 Å². The van der Waals surface area contributed by atoms with Crippen LogP contribution in [0.2, 0.25) is 0 Å². The van der Waals surface area contributed by atoms with E-state index in [1.54, 1.807) is 23.1 Å². The second-order valence-corrected chi connectivity index (χ2v) is 9.11. The summed E-state index contributed by atoms with van der Waals surface area (Å²) < 4.78 is 7.66. The summed E-state index contributed by atoms with van der Waals surface area (Å²) in [5.41, 5.74) is 2.49. The van der Waals surface area contributed by atoms with Gasteiger partial charge in [0.15, 0.2) is 5.16 Å². The van der Waals surface area contributed by atoms with E-state index in [9.17, 15) is 4.79 Å². The lowest BCUT2D eigenvalue weighted by Crippen LogP contribution is -2.29. The van der Waals surface area contributed by atoms with Crippen LogP contribution in [0.3, 0.4) is 0 Å². The molecule has 1 aliphatic carbocycles. The molecule has 1 atom stereocenters. The highest BCUT2D eigenvalue weighted by atomic mass is 32.2. The Morgan fingerprint density at radius 2 is 2.24 bits per heavy atom. The zero-order valence-electron chi connectivity index (χ0n) is 14.7. The predicted octanol–water partition coefficient (Wildman–Crippen LogP) is 4.18. The monoisotopic (exact) mass is 376 g/mol. The van der Waals surface area contributed by atoms with Crippen LogP contribution in [0.1, 0.15) is 43.0 Å². The van der Waals surface area contributed by atoms with Gasteiger partial charge in [0.25, 0.3) is 5.56 Å². The van der Waals surface area contributed by atoms with E-state index in [1.807, 2.05) is 11.5 Å². The van der Waals surface area contributed by atoms with Crippen molar-refractivity contribution in [2.24, 2.45) is 0 Å². The average molecular weight is 377 g/mol. The number of aryl methyl sites for hydroxylation is 2. The van der Waals surface area contributed by atoms with Gasteiger partial charge in [0.2, 0.25) is 0 Å². The normalized spacial score (nSPS) is 20.1. The molecule has 0 N–H and O–H groups in total. The maximum absolute atomic E-state index is 13.4. The molecule has 1 saturated heterocycles. The van der Waals surface area contributed by atoms with Crippen molar-refractivity contribution < 1.29 is 4.74 Å². The first kappa shape index (κ1) is 17.3. The molecule has 3 heterocycles. The fourth-order valence-electron chi connectivity index (χ4n) is 3.67. The summed E-state index contributed by atoms with van der Waals surface area (Å²) >= 11 is 3.34. The minimum absolute atomic E-state index is 0.129. The van der Waals surface area contributed by atoms with Gasteiger partial charge in [-0.25, -0.2) is 4.98 Å². The molecule has 0 bridgehead atoms. The highest BCUT2D eigenvalue weighted by molar-refractivity contribution is 7.99. The third kappa shape index (κ3) is 3.44. The zero-order valence-corrected chi connectivity index (χ0v) is 16.3. The first-order valence-electron chi connectivity index (χ1n) is 9.07. The summed E-state index contributed by atoms with van der Waals surface area (Å²) in [6.45, 7) is 7.41. The fourth-order valence-corrected chi connectivity index (χ4v) is 5.82. The molecule has 0 aromatic carbocycles. The molecule has 25 heavy (non-hydrogen) atoms. The molecule has 1 fully saturated rings. The average Bonchev–Trinajstić information content (AvgIpc) is 3.22. The molecule has 4 nitrogen and oxygen atoms in total. The fraction of sp³-hybridized carbons (Fsp3) is 0.579. The van der Waals surface area contributed by atoms with Crippen molar-refractivity contribution in [3.63, 3.8) is 0 Å². The molecule has 6 heteroatoms. The van der Waals surface area contributed by atoms with E-state index in [0.717, 1.165) is 59.0 Å². The van der Waals surface area contributed by atoms with Gasteiger partial charge in [-0.3, -0.25) is 9.36 Å². The van der Waals surface area contributed by atoms with Crippen molar-refractivity contribution in [1.82, 2.24) is 9.55 Å². The van der Waals surface area contributed by atoms with E-state index in [-0.39, 0.29) is 11.7 Å². The number of aromatic nitrogens is 2. The van der Waals surface area contributed by atoms with Crippen LogP contribution in [-0.2, 0) is 24.1 Å². The number of rotatable bonds is 5. The first-order chi connectivity index (χ1) is 12.1. The summed E-state index contributed by atoms with van der Waals surface area (Å²) in [6.07, 6.45) is 6.75. The summed E-state index contributed by atoms with van der Waals surface area (Å²) in [5.74, 6) is 0.786. The number of ether oxygens (including phenoxy) is 1. The first-order valence-corrected chi connectivity index (χ1v) is 10.9. The quantitative estimate of drug-likeness (QED) is 0.446. The highest BCUT2D eigenvalue weighted by Crippen LogP contribution is 2.35. The molecule has 2 aromatic rings. The lowest BCUT2D eigenvalue weighted by molar-refractivity contribution is 0.0937. The number of thioether (sulfide) groups is 1. The molecule has 1 aliphatic heterocycles. The molecular formula is C19H24N2O2S2. The van der Waals surface area contributed by atoms with Gasteiger partial charge < -0.3 is 4.74 Å². The SMILES string of the molecule is C=C(C)CSc1nc2sc3c(c2c(=O)n1C[C@H]1CCCO1)CCCC3. The van der Waals surface area contributed by atoms with Crippen molar-refractivity contribution in [1.29, 1.82) is 0 Å². The van der Waals surface area contributed by atoms with Crippen molar-refractivity contribution in [2.45, 2.75) is 63.3 Å². The van der Waals surface area contributed by atoms with E-state index in [0.29, 0.717) is 6.54 Å². The smallest absolute Gasteiger partial charge is 0.263 e. The Bertz CT molecular complexity index is 862. The van der Waals surface area contributed by atoms with Gasteiger partial charge in [-0.1, -0.05) is 23.9 Å². The van der Waals surface area contributed by atoms with Gasteiger partial charge in [0, 0.05) is 17.2 Å². The van der Waals surface area contributed by atoms with Gasteiger partial charge in [0.1, 0.15) is 4.83 Å². The Morgan fingerprint density at radius 1 is 1.40 bits per heavy atom. The minimum Gasteiger partial charge on any atom is -0.376 e. The number of thiophene rings is 1. The van der Waals surface area contributed by atoms with E-state index < -0.39 is 0 Å². The van der Waals surface area contributed by atoms with E-state index in [4.69, 9.17) is 9.72 Å². The lowest BCUT2D eigenvalue weighted by atomic mass is 9.97. The van der Waals surface area contributed by atoms with Gasteiger partial charge >= 0.3 is 0 Å². The summed E-state index contributed by atoms with van der Waals surface area (Å²) in [5, 5.41) is 1.69. The summed E-state index contributed by atoms with van der Waals surface area (Å²) in [4.78, 5) is 20.5. The van der Waals surface area contributed by atoms with Crippen LogP contribution in [0, 0.1) is 0 Å². The summed E-state index contributed by atoms with van der Waals surface area (Å²) in [7, 11) is 0. The predicted molar refractivity (Wildman–Crippen MR) is 105 cm³/mol. The largest absolute Gasteiger partial charge is 0.376 e. The van der Waals surface area contributed by atoms with Crippen molar-refractivity contribution >= 4 is 33.3 Å². The Kier molecular flexibility index (Phi) is 5.02. The Morgan fingerprint density at radius 3 is 3.00 bits per heavy atom. The lowest BCUT2D eigenvalue weighted by Gasteiger charge is -2.16. The number of nitrogens with zero attached hydrogens (tertiary/aromatic N) is 2. The highest BCUT2D eigenvalue weighted by Gasteiger charge is 2.24. The van der Waals surface area contributed by atoms with Crippen LogP contribution in [0.4, 0.5) is 0 Å². The third-order valence-electron chi connectivity index (χ3n) is 4.90. The minimum atomic E-state index is 0.129. The van der Waals surface area contributed by atoms with Crippen LogP contribution < -0.4 is 5.56 Å². The third-order valence-corrected chi connectivity index (χ3v) is 7.29. The van der Waals surface area contributed by atoms with E-state index in [2.05, 4.69) is 6.58 Å². The summed E-state index contributed by atoms with van der Waals surface area (Å²) in [6, 6.07) is 0. The van der Waals surface area contributed by atoms with Crippen LogP contribution in [-0.4, -0.2) is 28.0 Å². The van der Waals surface area contributed by atoms with Crippen LogP contribution >= 0.6 is 23.1 Å². The Labute approximate surface area is 156 Å². The Hall–Kier alpha value is -1.11. The molecule has 0 saturated carbocycles. The molecule has 134 valence electrons. The van der Waals surface area contributed by atoms with E-state index in [1.165, 1.54) is 23.3 Å². The second kappa shape index (κ2) is 7.25. The molecule has 2 aliphatic rings. The number of hydrogen-bond donors (Lipinski definition) is 0. The van der Waals surface area contributed by atoms with Crippen LogP contribution in [0.15, 0.2) is 22.1 Å². The maximum Gasteiger partial charge on any atom is 0.263 e. The van der Waals surface area contributed by atoms with Crippen molar-refractivity contribution in [2.75, 3.05) is 12.4 Å². The van der Waals surface area contributed by atoms with Crippen LogP contribution in [0.5, 0.6) is 0 Å². The van der Waals surface area contributed by atoms with Gasteiger partial charge in [-0.2, -0.15) is 0 Å². The standard InChI is InChI=1S/C19H24N2O2S2/c1-12(2)11-24-19-20-17-16(14-7-3-4-8-15(14)25-17)18(22)21(19)10-13-6-5-9-23-13/h13H,1,3-11H2,2H3/t13-/m1/s1. The van der Waals surface area contributed by atoms with Crippen molar-refractivity contribution in [3.05, 3.63) is 32.9 Å². The molecule has 0 spiro atoms. The number of fused-ring (bicyclic) bond motifs is 3. The molecule has 2 aromatic heterocycles. The zero-order chi connectivity index (χ0) is 17.4. The molecule has 0 radical (unpaired) electrons. The molecular weight excluding hydrogens is 352 g/mol. The molecule has 4 rings (SSSR count). The van der Waals surface area contributed by atoms with Crippen LogP contribution in [0.25, 0.3) is 10.2 Å². The maximum atomic E-state index is 13.4. The molecule has 0 unspecified atom stereocenters. The van der Waals surface area contributed by atoms with E-state index >= 15 is 0 Å². The Balaban J connectivity index is 1.81. The second-order valence-electron chi connectivity index (χ2n) is 7.08. The topological polar surface area (TPSA) is 44.1 Å². The van der Waals surface area contributed by atoms with Crippen molar-refractivity contribution in [3.8, 4) is 0 Å². The van der Waals surface area contributed by atoms with Gasteiger partial charge in [-0.15, -0.1) is 11.3 Å². The van der Waals surface area contributed by atoms with Gasteiger partial charge in [-0.05, 0) is 51.0 Å². The number of hydrogen-bond acceptors (Lipinski definition) is 5.